The molecule has 26 heavy (non-hydrogen) atoms. The lowest BCUT2D eigenvalue weighted by Crippen LogP contribution is -2.18. The topological polar surface area (TPSA) is 58.2 Å². The lowest BCUT2D eigenvalue weighted by atomic mass is 10.0. The van der Waals surface area contributed by atoms with Crippen LogP contribution in [0.3, 0.4) is 0 Å². The lowest BCUT2D eigenvalue weighted by molar-refractivity contribution is -0.114. The highest BCUT2D eigenvalue weighted by Gasteiger charge is 2.08. The van der Waals surface area contributed by atoms with Crippen LogP contribution < -0.4 is 10.6 Å². The summed E-state index contributed by atoms with van der Waals surface area (Å²) in [4.78, 5) is 24.0. The van der Waals surface area contributed by atoms with Crippen LogP contribution in [0, 0.1) is 6.92 Å². The van der Waals surface area contributed by atoms with E-state index >= 15 is 0 Å². The van der Waals surface area contributed by atoms with E-state index in [9.17, 15) is 9.59 Å². The van der Waals surface area contributed by atoms with E-state index in [-0.39, 0.29) is 23.3 Å². The molecule has 138 valence electrons. The normalized spacial score (nSPS) is 10.7. The van der Waals surface area contributed by atoms with Gasteiger partial charge in [-0.05, 0) is 54.3 Å². The average molecular weight is 391 g/mol. The van der Waals surface area contributed by atoms with Gasteiger partial charge in [0.2, 0.25) is 11.8 Å². The van der Waals surface area contributed by atoms with Crippen molar-refractivity contribution in [2.24, 2.45) is 0 Å². The van der Waals surface area contributed by atoms with Crippen LogP contribution >= 0.6 is 23.4 Å². The SMILES string of the molecule is Cc1cc(Cl)ccc1NC(=O)CSCC(=O)Nc1ccc(C(C)C)cc1. The van der Waals surface area contributed by atoms with Crippen LogP contribution in [-0.2, 0) is 9.59 Å². The molecule has 0 saturated heterocycles. The number of hydrogen-bond donors (Lipinski definition) is 2. The van der Waals surface area contributed by atoms with Gasteiger partial charge in [-0.1, -0.05) is 37.6 Å². The van der Waals surface area contributed by atoms with Crippen molar-refractivity contribution in [3.8, 4) is 0 Å². The number of amides is 2. The molecule has 2 aromatic rings. The summed E-state index contributed by atoms with van der Waals surface area (Å²) >= 11 is 7.18. The van der Waals surface area contributed by atoms with Gasteiger partial charge in [-0.2, -0.15) is 0 Å². The molecule has 0 aliphatic carbocycles. The number of carbonyl (C=O) groups excluding carboxylic acids is 2. The Morgan fingerprint density at radius 1 is 1.00 bits per heavy atom. The third-order valence-corrected chi connectivity index (χ3v) is 4.96. The van der Waals surface area contributed by atoms with Crippen molar-refractivity contribution in [1.29, 1.82) is 0 Å². The van der Waals surface area contributed by atoms with Gasteiger partial charge in [0.1, 0.15) is 0 Å². The minimum absolute atomic E-state index is 0.122. The molecule has 6 heteroatoms. The first-order valence-electron chi connectivity index (χ1n) is 8.38. The first-order valence-corrected chi connectivity index (χ1v) is 9.92. The Morgan fingerprint density at radius 2 is 1.62 bits per heavy atom. The largest absolute Gasteiger partial charge is 0.325 e. The molecule has 0 saturated carbocycles. The first kappa shape index (κ1) is 20.3. The molecule has 0 aliphatic rings. The average Bonchev–Trinajstić information content (AvgIpc) is 2.58. The molecule has 0 atom stereocenters. The van der Waals surface area contributed by atoms with Gasteiger partial charge in [0.15, 0.2) is 0 Å². The summed E-state index contributed by atoms with van der Waals surface area (Å²) in [6, 6.07) is 13.1. The van der Waals surface area contributed by atoms with Crippen molar-refractivity contribution in [1.82, 2.24) is 0 Å². The molecule has 4 nitrogen and oxygen atoms in total. The Morgan fingerprint density at radius 3 is 2.19 bits per heavy atom. The summed E-state index contributed by atoms with van der Waals surface area (Å²) in [5, 5.41) is 6.30. The van der Waals surface area contributed by atoms with Crippen LogP contribution in [0.25, 0.3) is 0 Å². The first-order chi connectivity index (χ1) is 12.3. The quantitative estimate of drug-likeness (QED) is 0.692. The maximum absolute atomic E-state index is 12.0. The molecule has 2 rings (SSSR count). The molecule has 0 heterocycles. The number of aryl methyl sites for hydroxylation is 1. The molecule has 0 bridgehead atoms. The zero-order valence-corrected chi connectivity index (χ0v) is 16.7. The fraction of sp³-hybridized carbons (Fsp3) is 0.300. The Labute approximate surface area is 163 Å². The Bertz CT molecular complexity index is 776. The van der Waals surface area contributed by atoms with Gasteiger partial charge in [0.25, 0.3) is 0 Å². The van der Waals surface area contributed by atoms with Gasteiger partial charge in [0, 0.05) is 16.4 Å². The van der Waals surface area contributed by atoms with E-state index in [0.717, 1.165) is 16.9 Å². The molecule has 0 unspecified atom stereocenters. The van der Waals surface area contributed by atoms with E-state index in [1.165, 1.54) is 17.3 Å². The maximum Gasteiger partial charge on any atom is 0.234 e. The number of nitrogens with one attached hydrogen (secondary N) is 2. The van der Waals surface area contributed by atoms with Crippen molar-refractivity contribution in [2.75, 3.05) is 22.1 Å². The summed E-state index contributed by atoms with van der Waals surface area (Å²) in [6.45, 7) is 6.13. The second-order valence-corrected chi connectivity index (χ2v) is 7.75. The van der Waals surface area contributed by atoms with E-state index in [1.54, 1.807) is 18.2 Å². The van der Waals surface area contributed by atoms with Crippen molar-refractivity contribution in [3.63, 3.8) is 0 Å². The van der Waals surface area contributed by atoms with Crippen LogP contribution in [0.15, 0.2) is 42.5 Å². The predicted molar refractivity (Wildman–Crippen MR) is 111 cm³/mol. The highest BCUT2D eigenvalue weighted by atomic mass is 35.5. The number of halogens is 1. The second kappa shape index (κ2) is 9.64. The number of hydrogen-bond acceptors (Lipinski definition) is 3. The fourth-order valence-electron chi connectivity index (χ4n) is 2.34. The minimum atomic E-state index is -0.144. The van der Waals surface area contributed by atoms with Crippen molar-refractivity contribution in [2.45, 2.75) is 26.7 Å². The van der Waals surface area contributed by atoms with Crippen molar-refractivity contribution < 1.29 is 9.59 Å². The number of anilines is 2. The third-order valence-electron chi connectivity index (χ3n) is 3.79. The summed E-state index contributed by atoms with van der Waals surface area (Å²) in [5.74, 6) is 0.621. The number of thioether (sulfide) groups is 1. The lowest BCUT2D eigenvalue weighted by Gasteiger charge is -2.09. The van der Waals surface area contributed by atoms with Gasteiger partial charge >= 0.3 is 0 Å². The van der Waals surface area contributed by atoms with E-state index in [1.807, 2.05) is 31.2 Å². The van der Waals surface area contributed by atoms with Crippen molar-refractivity contribution in [3.05, 3.63) is 58.6 Å². The maximum atomic E-state index is 12.0. The summed E-state index contributed by atoms with van der Waals surface area (Å²) in [7, 11) is 0. The van der Waals surface area contributed by atoms with E-state index in [2.05, 4.69) is 24.5 Å². The third kappa shape index (κ3) is 6.39. The molecule has 2 N–H and O–H groups in total. The van der Waals surface area contributed by atoms with E-state index in [0.29, 0.717) is 10.9 Å². The molecule has 0 fully saturated rings. The van der Waals surface area contributed by atoms with Crippen LogP contribution in [-0.4, -0.2) is 23.3 Å². The molecule has 0 radical (unpaired) electrons. The van der Waals surface area contributed by atoms with Gasteiger partial charge in [-0.25, -0.2) is 0 Å². The Balaban J connectivity index is 1.74. The van der Waals surface area contributed by atoms with Crippen LogP contribution in [0.5, 0.6) is 0 Å². The summed E-state index contributed by atoms with van der Waals surface area (Å²) in [6.07, 6.45) is 0. The molecule has 2 aromatic carbocycles. The smallest absolute Gasteiger partial charge is 0.234 e. The Kier molecular flexibility index (Phi) is 7.54. The highest BCUT2D eigenvalue weighted by molar-refractivity contribution is 8.00. The number of carbonyl (C=O) groups is 2. The second-order valence-electron chi connectivity index (χ2n) is 6.33. The molecule has 0 aromatic heterocycles. The molecule has 2 amide bonds. The zero-order chi connectivity index (χ0) is 19.1. The molecular formula is C20H23ClN2O2S. The summed E-state index contributed by atoms with van der Waals surface area (Å²) < 4.78 is 0. The van der Waals surface area contributed by atoms with Gasteiger partial charge < -0.3 is 10.6 Å². The molecular weight excluding hydrogens is 368 g/mol. The van der Waals surface area contributed by atoms with Crippen LogP contribution in [0.1, 0.15) is 30.9 Å². The van der Waals surface area contributed by atoms with E-state index < -0.39 is 0 Å². The van der Waals surface area contributed by atoms with Crippen molar-refractivity contribution >= 4 is 46.6 Å². The standard InChI is InChI=1S/C20H23ClN2O2S/c1-13(2)15-4-7-17(8-5-15)22-19(24)11-26-12-20(25)23-18-9-6-16(21)10-14(18)3/h4-10,13H,11-12H2,1-3H3,(H,22,24)(H,23,25). The van der Waals surface area contributed by atoms with E-state index in [4.69, 9.17) is 11.6 Å². The fourth-order valence-corrected chi connectivity index (χ4v) is 3.18. The predicted octanol–water partition coefficient (Wildman–Crippen LogP) is 5.08. The van der Waals surface area contributed by atoms with Gasteiger partial charge in [-0.15, -0.1) is 11.8 Å². The molecule has 0 aliphatic heterocycles. The minimum Gasteiger partial charge on any atom is -0.325 e. The Hall–Kier alpha value is -1.98. The van der Waals surface area contributed by atoms with Gasteiger partial charge in [-0.3, -0.25) is 9.59 Å². The van der Waals surface area contributed by atoms with Crippen LogP contribution in [0.2, 0.25) is 5.02 Å². The highest BCUT2D eigenvalue weighted by Crippen LogP contribution is 2.20. The zero-order valence-electron chi connectivity index (χ0n) is 15.1. The van der Waals surface area contributed by atoms with Gasteiger partial charge in [0.05, 0.1) is 11.5 Å². The number of rotatable bonds is 7. The molecule has 0 spiro atoms. The summed E-state index contributed by atoms with van der Waals surface area (Å²) in [5.41, 5.74) is 3.63. The number of benzene rings is 2. The monoisotopic (exact) mass is 390 g/mol. The van der Waals surface area contributed by atoms with Crippen LogP contribution in [0.4, 0.5) is 11.4 Å².